The van der Waals surface area contributed by atoms with Crippen molar-refractivity contribution >= 4 is 17.2 Å². The lowest BCUT2D eigenvalue weighted by Gasteiger charge is -2.10. The van der Waals surface area contributed by atoms with E-state index in [4.69, 9.17) is 9.47 Å². The van der Waals surface area contributed by atoms with Crippen LogP contribution in [0.3, 0.4) is 0 Å². The Kier molecular flexibility index (Phi) is 5.25. The maximum atomic E-state index is 12.3. The van der Waals surface area contributed by atoms with Crippen LogP contribution in [0, 0.1) is 0 Å². The van der Waals surface area contributed by atoms with Crippen molar-refractivity contribution < 1.29 is 14.3 Å². The van der Waals surface area contributed by atoms with Crippen LogP contribution in [0.4, 0.5) is 0 Å². The van der Waals surface area contributed by atoms with E-state index >= 15 is 0 Å². The van der Waals surface area contributed by atoms with E-state index in [1.165, 1.54) is 11.3 Å². The van der Waals surface area contributed by atoms with Crippen molar-refractivity contribution in [1.29, 1.82) is 0 Å². The molecule has 1 N–H and O–H groups in total. The predicted octanol–water partition coefficient (Wildman–Crippen LogP) is 3.15. The fourth-order valence-electron chi connectivity index (χ4n) is 2.27. The van der Waals surface area contributed by atoms with Crippen molar-refractivity contribution in [2.75, 3.05) is 14.2 Å². The number of carbonyl (C=O) groups excluding carboxylic acids is 1. The van der Waals surface area contributed by atoms with Crippen molar-refractivity contribution in [3.05, 3.63) is 59.4 Å². The van der Waals surface area contributed by atoms with Gasteiger partial charge in [-0.2, -0.15) is 0 Å². The zero-order valence-electron chi connectivity index (χ0n) is 13.9. The first kappa shape index (κ1) is 16.9. The fourth-order valence-corrected chi connectivity index (χ4v) is 3.07. The number of aromatic nitrogens is 2. The van der Waals surface area contributed by atoms with Gasteiger partial charge in [0.25, 0.3) is 5.91 Å². The number of benzene rings is 1. The summed E-state index contributed by atoms with van der Waals surface area (Å²) in [5.74, 6) is 1.06. The van der Waals surface area contributed by atoms with Gasteiger partial charge in [0.1, 0.15) is 10.7 Å². The lowest BCUT2D eigenvalue weighted by Crippen LogP contribution is -2.23. The fraction of sp³-hybridized carbons (Fsp3) is 0.167. The standard InChI is InChI=1S/C18H17N3O3S/c1-23-15-4-3-12(9-16(15)24-2)10-20-17(22)14-11-25-18(21-14)13-5-7-19-8-6-13/h3-9,11H,10H2,1-2H3,(H,20,22). The summed E-state index contributed by atoms with van der Waals surface area (Å²) in [5.41, 5.74) is 2.26. The molecule has 0 spiro atoms. The highest BCUT2D eigenvalue weighted by Gasteiger charge is 2.12. The van der Waals surface area contributed by atoms with Gasteiger partial charge in [-0.25, -0.2) is 4.98 Å². The lowest BCUT2D eigenvalue weighted by molar-refractivity contribution is 0.0946. The molecular weight excluding hydrogens is 338 g/mol. The first-order chi connectivity index (χ1) is 12.2. The molecule has 0 aliphatic rings. The largest absolute Gasteiger partial charge is 0.493 e. The average molecular weight is 355 g/mol. The average Bonchev–Trinajstić information content (AvgIpc) is 3.17. The minimum Gasteiger partial charge on any atom is -0.493 e. The second kappa shape index (κ2) is 7.76. The van der Waals surface area contributed by atoms with Gasteiger partial charge in [0, 0.05) is 29.9 Å². The van der Waals surface area contributed by atoms with Crippen molar-refractivity contribution in [2.45, 2.75) is 6.54 Å². The number of carbonyl (C=O) groups is 1. The summed E-state index contributed by atoms with van der Waals surface area (Å²) in [4.78, 5) is 20.7. The molecule has 0 unspecified atom stereocenters. The van der Waals surface area contributed by atoms with Gasteiger partial charge in [-0.3, -0.25) is 9.78 Å². The predicted molar refractivity (Wildman–Crippen MR) is 96.1 cm³/mol. The van der Waals surface area contributed by atoms with Crippen LogP contribution in [0.5, 0.6) is 11.5 Å². The van der Waals surface area contributed by atoms with E-state index in [1.807, 2.05) is 30.3 Å². The Hall–Kier alpha value is -2.93. The summed E-state index contributed by atoms with van der Waals surface area (Å²) in [5, 5.41) is 5.41. The smallest absolute Gasteiger partial charge is 0.271 e. The summed E-state index contributed by atoms with van der Waals surface area (Å²) in [7, 11) is 3.16. The third kappa shape index (κ3) is 3.95. The highest BCUT2D eigenvalue weighted by atomic mass is 32.1. The van der Waals surface area contributed by atoms with Crippen LogP contribution in [0.25, 0.3) is 10.6 Å². The van der Waals surface area contributed by atoms with Gasteiger partial charge in [0.15, 0.2) is 11.5 Å². The van der Waals surface area contributed by atoms with Crippen molar-refractivity contribution in [3.63, 3.8) is 0 Å². The number of nitrogens with one attached hydrogen (secondary N) is 1. The van der Waals surface area contributed by atoms with E-state index in [2.05, 4.69) is 15.3 Å². The maximum Gasteiger partial charge on any atom is 0.271 e. The monoisotopic (exact) mass is 355 g/mol. The van der Waals surface area contributed by atoms with Gasteiger partial charge in [-0.1, -0.05) is 6.07 Å². The highest BCUT2D eigenvalue weighted by molar-refractivity contribution is 7.13. The molecule has 25 heavy (non-hydrogen) atoms. The summed E-state index contributed by atoms with van der Waals surface area (Å²) < 4.78 is 10.5. The molecule has 2 heterocycles. The topological polar surface area (TPSA) is 73.3 Å². The molecule has 3 rings (SSSR count). The Balaban J connectivity index is 1.66. The number of rotatable bonds is 6. The van der Waals surface area contributed by atoms with Gasteiger partial charge in [0.05, 0.1) is 14.2 Å². The van der Waals surface area contributed by atoms with Gasteiger partial charge in [0.2, 0.25) is 0 Å². The van der Waals surface area contributed by atoms with Crippen molar-refractivity contribution in [3.8, 4) is 22.1 Å². The molecule has 2 aromatic heterocycles. The zero-order valence-corrected chi connectivity index (χ0v) is 14.7. The first-order valence-corrected chi connectivity index (χ1v) is 8.44. The molecule has 1 amide bonds. The van der Waals surface area contributed by atoms with E-state index < -0.39 is 0 Å². The number of ether oxygens (including phenoxy) is 2. The first-order valence-electron chi connectivity index (χ1n) is 7.56. The molecular formula is C18H17N3O3S. The Morgan fingerprint density at radius 1 is 1.12 bits per heavy atom. The minimum absolute atomic E-state index is 0.216. The van der Waals surface area contributed by atoms with Crippen molar-refractivity contribution in [1.82, 2.24) is 15.3 Å². The third-order valence-electron chi connectivity index (χ3n) is 3.57. The third-order valence-corrected chi connectivity index (χ3v) is 4.46. The SMILES string of the molecule is COc1ccc(CNC(=O)c2csc(-c3ccncc3)n2)cc1OC. The highest BCUT2D eigenvalue weighted by Crippen LogP contribution is 2.27. The molecule has 1 aromatic carbocycles. The summed E-state index contributed by atoms with van der Waals surface area (Å²) in [6.45, 7) is 0.376. The Morgan fingerprint density at radius 2 is 1.88 bits per heavy atom. The molecule has 7 heteroatoms. The van der Waals surface area contributed by atoms with Gasteiger partial charge in [-0.15, -0.1) is 11.3 Å². The second-order valence-corrected chi connectivity index (χ2v) is 6.00. The summed E-state index contributed by atoms with van der Waals surface area (Å²) in [6, 6.07) is 9.26. The van der Waals surface area contributed by atoms with Crippen LogP contribution < -0.4 is 14.8 Å². The van der Waals surface area contributed by atoms with E-state index in [1.54, 1.807) is 32.0 Å². The number of amides is 1. The molecule has 0 radical (unpaired) electrons. The van der Waals surface area contributed by atoms with Crippen molar-refractivity contribution in [2.24, 2.45) is 0 Å². The van der Waals surface area contributed by atoms with Crippen LogP contribution in [-0.4, -0.2) is 30.1 Å². The normalized spacial score (nSPS) is 10.3. The number of hydrogen-bond donors (Lipinski definition) is 1. The molecule has 128 valence electrons. The van der Waals surface area contributed by atoms with Gasteiger partial charge >= 0.3 is 0 Å². The number of hydrogen-bond acceptors (Lipinski definition) is 6. The summed E-state index contributed by atoms with van der Waals surface area (Å²) in [6.07, 6.45) is 3.40. The zero-order chi connectivity index (χ0) is 17.6. The van der Waals surface area contributed by atoms with E-state index in [0.717, 1.165) is 16.1 Å². The van der Waals surface area contributed by atoms with Crippen LogP contribution in [0.2, 0.25) is 0 Å². The van der Waals surface area contributed by atoms with Crippen LogP contribution in [-0.2, 0) is 6.54 Å². The van der Waals surface area contributed by atoms with E-state index in [0.29, 0.717) is 23.7 Å². The van der Waals surface area contributed by atoms with Crippen LogP contribution >= 0.6 is 11.3 Å². The molecule has 0 fully saturated rings. The Morgan fingerprint density at radius 3 is 2.60 bits per heavy atom. The number of thiazole rings is 1. The summed E-state index contributed by atoms with van der Waals surface area (Å²) >= 11 is 1.43. The van der Waals surface area contributed by atoms with E-state index in [9.17, 15) is 4.79 Å². The van der Waals surface area contributed by atoms with Crippen LogP contribution in [0.1, 0.15) is 16.1 Å². The molecule has 0 atom stereocenters. The Bertz CT molecular complexity index is 865. The quantitative estimate of drug-likeness (QED) is 0.735. The number of nitrogens with zero attached hydrogens (tertiary/aromatic N) is 2. The second-order valence-electron chi connectivity index (χ2n) is 5.15. The minimum atomic E-state index is -0.216. The molecule has 0 aliphatic heterocycles. The lowest BCUT2D eigenvalue weighted by atomic mass is 10.2. The molecule has 3 aromatic rings. The van der Waals surface area contributed by atoms with Gasteiger partial charge < -0.3 is 14.8 Å². The molecule has 0 saturated carbocycles. The number of pyridine rings is 1. The Labute approximate surface area is 149 Å². The van der Waals surface area contributed by atoms with Gasteiger partial charge in [-0.05, 0) is 29.8 Å². The molecule has 0 saturated heterocycles. The molecule has 0 bridgehead atoms. The molecule has 6 nitrogen and oxygen atoms in total. The number of methoxy groups -OCH3 is 2. The molecule has 0 aliphatic carbocycles. The van der Waals surface area contributed by atoms with Crippen LogP contribution in [0.15, 0.2) is 48.1 Å². The van der Waals surface area contributed by atoms with E-state index in [-0.39, 0.29) is 5.91 Å². The maximum absolute atomic E-state index is 12.3.